The first-order valence-electron chi connectivity index (χ1n) is 8.71. The predicted octanol–water partition coefficient (Wildman–Crippen LogP) is 2.81. The molecular formula is C18H25N5O2S. The highest BCUT2D eigenvalue weighted by Gasteiger charge is 2.15. The Labute approximate surface area is 158 Å². The fraction of sp³-hybridized carbons (Fsp3) is 0.444. The van der Waals surface area contributed by atoms with Crippen molar-refractivity contribution in [2.45, 2.75) is 31.8 Å². The maximum Gasteiger partial charge on any atom is 0.253 e. The predicted molar refractivity (Wildman–Crippen MR) is 103 cm³/mol. The molecule has 0 saturated carbocycles. The molecule has 0 unspecified atom stereocenters. The Balaban J connectivity index is 1.98. The second kappa shape index (κ2) is 9.96. The van der Waals surface area contributed by atoms with E-state index in [0.717, 1.165) is 25.9 Å². The zero-order valence-electron chi connectivity index (χ0n) is 15.4. The lowest BCUT2D eigenvalue weighted by Gasteiger charge is -2.21. The average Bonchev–Trinajstić information content (AvgIpc) is 3.04. The SMILES string of the molecule is CCCN(CCC)C(=O)c1cccc(NC(=O)CSc2nncn2C)c1. The Bertz CT molecular complexity index is 741. The lowest BCUT2D eigenvalue weighted by molar-refractivity contribution is -0.113. The minimum Gasteiger partial charge on any atom is -0.339 e. The van der Waals surface area contributed by atoms with E-state index in [1.54, 1.807) is 35.2 Å². The number of rotatable bonds is 9. The molecule has 2 aromatic rings. The molecule has 26 heavy (non-hydrogen) atoms. The highest BCUT2D eigenvalue weighted by atomic mass is 32.2. The van der Waals surface area contributed by atoms with E-state index in [0.29, 0.717) is 16.4 Å². The Morgan fingerprint density at radius 1 is 1.23 bits per heavy atom. The standard InChI is InChI=1S/C18H25N5O2S/c1-4-9-23(10-5-2)17(25)14-7-6-8-15(11-14)20-16(24)12-26-18-21-19-13-22(18)3/h6-8,11,13H,4-5,9-10,12H2,1-3H3,(H,20,24). The first-order chi connectivity index (χ1) is 12.5. The average molecular weight is 375 g/mol. The quantitative estimate of drug-likeness (QED) is 0.682. The molecule has 0 aliphatic heterocycles. The number of aryl methyl sites for hydroxylation is 1. The van der Waals surface area contributed by atoms with Gasteiger partial charge in [-0.05, 0) is 31.0 Å². The lowest BCUT2D eigenvalue weighted by atomic mass is 10.1. The van der Waals surface area contributed by atoms with Crippen LogP contribution in [0.5, 0.6) is 0 Å². The van der Waals surface area contributed by atoms with Crippen molar-refractivity contribution in [3.8, 4) is 0 Å². The molecule has 2 rings (SSSR count). The molecule has 0 radical (unpaired) electrons. The number of hydrogen-bond donors (Lipinski definition) is 1. The molecule has 1 aromatic heterocycles. The molecule has 1 heterocycles. The van der Waals surface area contributed by atoms with Crippen molar-refractivity contribution in [3.05, 3.63) is 36.2 Å². The van der Waals surface area contributed by atoms with Gasteiger partial charge in [-0.3, -0.25) is 9.59 Å². The van der Waals surface area contributed by atoms with Gasteiger partial charge in [-0.2, -0.15) is 0 Å². The zero-order chi connectivity index (χ0) is 18.9. The van der Waals surface area contributed by atoms with Crippen molar-refractivity contribution >= 4 is 29.3 Å². The van der Waals surface area contributed by atoms with Gasteiger partial charge < -0.3 is 14.8 Å². The number of aromatic nitrogens is 3. The van der Waals surface area contributed by atoms with Crippen molar-refractivity contribution in [2.24, 2.45) is 7.05 Å². The fourth-order valence-corrected chi connectivity index (χ4v) is 3.19. The number of carbonyl (C=O) groups excluding carboxylic acids is 2. The Morgan fingerprint density at radius 3 is 2.58 bits per heavy atom. The molecule has 1 N–H and O–H groups in total. The molecule has 0 fully saturated rings. The Kier molecular flexibility index (Phi) is 7.65. The summed E-state index contributed by atoms with van der Waals surface area (Å²) in [6.45, 7) is 5.58. The van der Waals surface area contributed by atoms with Crippen LogP contribution < -0.4 is 5.32 Å². The van der Waals surface area contributed by atoms with Gasteiger partial charge in [0.05, 0.1) is 5.75 Å². The maximum absolute atomic E-state index is 12.7. The molecule has 0 spiro atoms. The van der Waals surface area contributed by atoms with Crippen LogP contribution in [0.15, 0.2) is 35.7 Å². The Hall–Kier alpha value is -2.35. The van der Waals surface area contributed by atoms with Gasteiger partial charge >= 0.3 is 0 Å². The van der Waals surface area contributed by atoms with Crippen LogP contribution in [0.25, 0.3) is 0 Å². The normalized spacial score (nSPS) is 10.6. The van der Waals surface area contributed by atoms with E-state index in [2.05, 4.69) is 29.4 Å². The van der Waals surface area contributed by atoms with Gasteiger partial charge in [0.25, 0.3) is 5.91 Å². The molecule has 140 valence electrons. The van der Waals surface area contributed by atoms with E-state index in [4.69, 9.17) is 0 Å². The van der Waals surface area contributed by atoms with Crippen molar-refractivity contribution in [3.63, 3.8) is 0 Å². The van der Waals surface area contributed by atoms with Crippen LogP contribution in [0, 0.1) is 0 Å². The molecule has 0 saturated heterocycles. The van der Waals surface area contributed by atoms with Crippen LogP contribution >= 0.6 is 11.8 Å². The molecule has 0 aliphatic carbocycles. The van der Waals surface area contributed by atoms with Crippen LogP contribution in [0.4, 0.5) is 5.69 Å². The molecule has 2 amide bonds. The number of nitrogens with one attached hydrogen (secondary N) is 1. The van der Waals surface area contributed by atoms with E-state index in [1.165, 1.54) is 11.8 Å². The highest BCUT2D eigenvalue weighted by Crippen LogP contribution is 2.16. The third kappa shape index (κ3) is 5.59. The van der Waals surface area contributed by atoms with Crippen LogP contribution in [-0.2, 0) is 11.8 Å². The minimum absolute atomic E-state index is 0.00161. The maximum atomic E-state index is 12.7. The number of amides is 2. The summed E-state index contributed by atoms with van der Waals surface area (Å²) < 4.78 is 1.76. The number of thioether (sulfide) groups is 1. The fourth-order valence-electron chi connectivity index (χ4n) is 2.50. The molecule has 1 aromatic carbocycles. The van der Waals surface area contributed by atoms with Gasteiger partial charge in [-0.25, -0.2) is 0 Å². The topological polar surface area (TPSA) is 80.1 Å². The summed E-state index contributed by atoms with van der Waals surface area (Å²) in [7, 11) is 1.83. The summed E-state index contributed by atoms with van der Waals surface area (Å²) in [5, 5.41) is 11.2. The number of hydrogen-bond acceptors (Lipinski definition) is 5. The van der Waals surface area contributed by atoms with E-state index >= 15 is 0 Å². The summed E-state index contributed by atoms with van der Waals surface area (Å²) in [5.41, 5.74) is 1.21. The molecule has 7 nitrogen and oxygen atoms in total. The van der Waals surface area contributed by atoms with Gasteiger partial charge in [0.15, 0.2) is 5.16 Å². The first-order valence-corrected chi connectivity index (χ1v) is 9.69. The summed E-state index contributed by atoms with van der Waals surface area (Å²) in [6, 6.07) is 7.08. The first kappa shape index (κ1) is 20.0. The zero-order valence-corrected chi connectivity index (χ0v) is 16.3. The Morgan fingerprint density at radius 2 is 1.96 bits per heavy atom. The molecule has 8 heteroatoms. The summed E-state index contributed by atoms with van der Waals surface area (Å²) in [4.78, 5) is 26.7. The second-order valence-corrected chi connectivity index (χ2v) is 6.88. The van der Waals surface area contributed by atoms with Crippen molar-refractivity contribution in [2.75, 3.05) is 24.2 Å². The number of benzene rings is 1. The summed E-state index contributed by atoms with van der Waals surface area (Å²) in [6.07, 6.45) is 3.43. The van der Waals surface area contributed by atoms with E-state index in [9.17, 15) is 9.59 Å². The third-order valence-electron chi connectivity index (χ3n) is 3.67. The smallest absolute Gasteiger partial charge is 0.253 e. The second-order valence-electron chi connectivity index (χ2n) is 5.93. The monoisotopic (exact) mass is 375 g/mol. The number of nitrogens with zero attached hydrogens (tertiary/aromatic N) is 4. The molecule has 0 bridgehead atoms. The molecule has 0 atom stereocenters. The van der Waals surface area contributed by atoms with Gasteiger partial charge in [-0.1, -0.05) is 31.7 Å². The third-order valence-corrected chi connectivity index (χ3v) is 4.70. The van der Waals surface area contributed by atoms with Crippen LogP contribution in [0.3, 0.4) is 0 Å². The van der Waals surface area contributed by atoms with Crippen molar-refractivity contribution in [1.82, 2.24) is 19.7 Å². The molecular weight excluding hydrogens is 350 g/mol. The lowest BCUT2D eigenvalue weighted by Crippen LogP contribution is -2.32. The van der Waals surface area contributed by atoms with Gasteiger partial charge in [0.1, 0.15) is 6.33 Å². The molecule has 0 aliphatic rings. The number of anilines is 1. The van der Waals surface area contributed by atoms with E-state index < -0.39 is 0 Å². The van der Waals surface area contributed by atoms with Crippen molar-refractivity contribution in [1.29, 1.82) is 0 Å². The van der Waals surface area contributed by atoms with Gasteiger partial charge in [-0.15, -0.1) is 10.2 Å². The van der Waals surface area contributed by atoms with Gasteiger partial charge in [0.2, 0.25) is 5.91 Å². The van der Waals surface area contributed by atoms with Crippen LogP contribution in [0.2, 0.25) is 0 Å². The number of carbonyl (C=O) groups is 2. The highest BCUT2D eigenvalue weighted by molar-refractivity contribution is 7.99. The van der Waals surface area contributed by atoms with Crippen LogP contribution in [-0.4, -0.2) is 50.3 Å². The summed E-state index contributed by atoms with van der Waals surface area (Å²) in [5.74, 6) is 0.0718. The van der Waals surface area contributed by atoms with Gasteiger partial charge in [0, 0.05) is 31.4 Å². The van der Waals surface area contributed by atoms with E-state index in [1.807, 2.05) is 11.9 Å². The largest absolute Gasteiger partial charge is 0.339 e. The minimum atomic E-state index is -0.151. The summed E-state index contributed by atoms with van der Waals surface area (Å²) >= 11 is 1.31. The van der Waals surface area contributed by atoms with Crippen LogP contribution in [0.1, 0.15) is 37.0 Å². The van der Waals surface area contributed by atoms with Crippen molar-refractivity contribution < 1.29 is 9.59 Å². The van der Waals surface area contributed by atoms with E-state index in [-0.39, 0.29) is 17.6 Å².